The second kappa shape index (κ2) is 6.84. The summed E-state index contributed by atoms with van der Waals surface area (Å²) in [6.07, 6.45) is 4.37. The van der Waals surface area contributed by atoms with E-state index < -0.39 is 0 Å². The molecule has 0 aliphatic carbocycles. The van der Waals surface area contributed by atoms with E-state index in [0.29, 0.717) is 12.6 Å². The van der Waals surface area contributed by atoms with E-state index >= 15 is 0 Å². The van der Waals surface area contributed by atoms with Crippen molar-refractivity contribution >= 4 is 33.5 Å². The van der Waals surface area contributed by atoms with Gasteiger partial charge in [0.1, 0.15) is 17.2 Å². The highest BCUT2D eigenvalue weighted by Gasteiger charge is 2.32. The number of carbonyl (C=O) groups excluding carboxylic acids is 1. The van der Waals surface area contributed by atoms with E-state index in [9.17, 15) is 4.79 Å². The second-order valence-electron chi connectivity index (χ2n) is 7.68. The smallest absolute Gasteiger partial charge is 0.279 e. The molecule has 28 heavy (non-hydrogen) atoms. The Hall–Kier alpha value is -3.05. The maximum absolute atomic E-state index is 12.7. The van der Waals surface area contributed by atoms with Crippen molar-refractivity contribution in [3.8, 4) is 0 Å². The van der Waals surface area contributed by atoms with Crippen LogP contribution >= 0.6 is 0 Å². The number of aromatic nitrogens is 1. The molecule has 5 nitrogen and oxygen atoms in total. The van der Waals surface area contributed by atoms with Crippen molar-refractivity contribution in [1.29, 1.82) is 0 Å². The topological polar surface area (TPSA) is 51.6 Å². The lowest BCUT2D eigenvalue weighted by atomic mass is 10.1. The normalized spacial score (nSPS) is 19.5. The van der Waals surface area contributed by atoms with Crippen molar-refractivity contribution in [3.63, 3.8) is 0 Å². The number of amides is 1. The van der Waals surface area contributed by atoms with Crippen LogP contribution in [-0.2, 0) is 11.8 Å². The van der Waals surface area contributed by atoms with Crippen LogP contribution in [-0.4, -0.2) is 23.6 Å². The number of nitrogens with one attached hydrogen (secondary N) is 2. The fourth-order valence-corrected chi connectivity index (χ4v) is 4.53. The summed E-state index contributed by atoms with van der Waals surface area (Å²) < 4.78 is 8.04. The summed E-state index contributed by atoms with van der Waals surface area (Å²) in [6.45, 7) is 1.52. The molecule has 0 bridgehead atoms. The Kier molecular flexibility index (Phi) is 4.17. The zero-order chi connectivity index (χ0) is 19.1. The number of fused-ring (bicyclic) bond motifs is 3. The van der Waals surface area contributed by atoms with Gasteiger partial charge in [-0.15, -0.1) is 0 Å². The standard InChI is InChI=1S/C23H23N3O2/c1-25-12-4-7-19(25)20-8-5-13-26(20)15-23(27)24-16-10-11-22-18(14-16)17-6-2-3-9-21(17)28-22/h2-4,6-7,9-12,14,20H,5,8,13,15H2,1H3,(H,24,27)/p+1/t20-/m1/s1. The second-order valence-corrected chi connectivity index (χ2v) is 7.68. The summed E-state index contributed by atoms with van der Waals surface area (Å²) in [7, 11) is 2.08. The zero-order valence-corrected chi connectivity index (χ0v) is 15.9. The average molecular weight is 374 g/mol. The molecule has 142 valence electrons. The van der Waals surface area contributed by atoms with Gasteiger partial charge in [0, 0.05) is 42.5 Å². The SMILES string of the molecule is Cn1cccc1[C@H]1CCC[NH+]1CC(=O)Nc1ccc2oc3ccccc3c2c1. The maximum atomic E-state index is 12.7. The number of anilines is 1. The van der Waals surface area contributed by atoms with Crippen molar-refractivity contribution in [1.82, 2.24) is 4.57 Å². The molecular formula is C23H24N3O2+. The van der Waals surface area contributed by atoms with E-state index in [4.69, 9.17) is 4.42 Å². The maximum Gasteiger partial charge on any atom is 0.279 e. The summed E-state index contributed by atoms with van der Waals surface area (Å²) in [6, 6.07) is 18.5. The fourth-order valence-electron chi connectivity index (χ4n) is 4.53. The van der Waals surface area contributed by atoms with E-state index in [-0.39, 0.29) is 5.91 Å². The highest BCUT2D eigenvalue weighted by Crippen LogP contribution is 2.30. The molecule has 2 atom stereocenters. The Morgan fingerprint density at radius 3 is 2.86 bits per heavy atom. The minimum atomic E-state index is 0.0586. The van der Waals surface area contributed by atoms with Gasteiger partial charge in [0.15, 0.2) is 6.54 Å². The number of hydrogen-bond donors (Lipinski definition) is 2. The number of benzene rings is 2. The molecule has 1 aliphatic rings. The van der Waals surface area contributed by atoms with Crippen LogP contribution in [0.4, 0.5) is 5.69 Å². The first-order chi connectivity index (χ1) is 13.7. The molecule has 4 aromatic rings. The van der Waals surface area contributed by atoms with E-state index in [1.54, 1.807) is 0 Å². The first-order valence-corrected chi connectivity index (χ1v) is 9.86. The number of rotatable bonds is 4. The van der Waals surface area contributed by atoms with Gasteiger partial charge < -0.3 is 19.2 Å². The summed E-state index contributed by atoms with van der Waals surface area (Å²) in [5.74, 6) is 0.0586. The van der Waals surface area contributed by atoms with Crippen LogP contribution in [0, 0.1) is 0 Å². The molecule has 1 aliphatic heterocycles. The summed E-state index contributed by atoms with van der Waals surface area (Å²) in [4.78, 5) is 14.1. The van der Waals surface area contributed by atoms with Gasteiger partial charge >= 0.3 is 0 Å². The molecule has 1 amide bonds. The van der Waals surface area contributed by atoms with Crippen molar-refractivity contribution in [2.45, 2.75) is 18.9 Å². The monoisotopic (exact) mass is 374 g/mol. The number of furan rings is 1. The van der Waals surface area contributed by atoms with Crippen molar-refractivity contribution in [2.75, 3.05) is 18.4 Å². The minimum absolute atomic E-state index is 0.0586. The molecule has 1 unspecified atom stereocenters. The lowest BCUT2D eigenvalue weighted by Gasteiger charge is -2.21. The Bertz CT molecular complexity index is 1160. The predicted octanol–water partition coefficient (Wildman–Crippen LogP) is 3.28. The molecule has 1 fully saturated rings. The van der Waals surface area contributed by atoms with Crippen LogP contribution in [0.25, 0.3) is 21.9 Å². The lowest BCUT2D eigenvalue weighted by molar-refractivity contribution is -0.910. The van der Waals surface area contributed by atoms with Gasteiger partial charge in [-0.25, -0.2) is 0 Å². The third-order valence-electron chi connectivity index (χ3n) is 5.87. The highest BCUT2D eigenvalue weighted by molar-refractivity contribution is 6.06. The predicted molar refractivity (Wildman–Crippen MR) is 110 cm³/mol. The van der Waals surface area contributed by atoms with Crippen LogP contribution < -0.4 is 10.2 Å². The van der Waals surface area contributed by atoms with Gasteiger partial charge in [0.2, 0.25) is 0 Å². The van der Waals surface area contributed by atoms with Crippen molar-refractivity contribution in [3.05, 3.63) is 66.5 Å². The lowest BCUT2D eigenvalue weighted by Crippen LogP contribution is -3.11. The molecular weight excluding hydrogens is 350 g/mol. The number of carbonyl (C=O) groups is 1. The van der Waals surface area contributed by atoms with Crippen LogP contribution in [0.3, 0.4) is 0 Å². The van der Waals surface area contributed by atoms with E-state index in [1.165, 1.54) is 10.6 Å². The molecule has 0 radical (unpaired) electrons. The van der Waals surface area contributed by atoms with Gasteiger partial charge in [-0.05, 0) is 36.4 Å². The zero-order valence-electron chi connectivity index (χ0n) is 15.9. The Morgan fingerprint density at radius 1 is 1.14 bits per heavy atom. The third kappa shape index (κ3) is 2.98. The molecule has 5 rings (SSSR count). The Balaban J connectivity index is 1.34. The van der Waals surface area contributed by atoms with Gasteiger partial charge in [0.05, 0.1) is 12.2 Å². The number of para-hydroxylation sites is 1. The molecule has 2 aromatic carbocycles. The quantitative estimate of drug-likeness (QED) is 0.576. The average Bonchev–Trinajstić information content (AvgIpc) is 3.40. The van der Waals surface area contributed by atoms with Gasteiger partial charge in [-0.3, -0.25) is 4.79 Å². The third-order valence-corrected chi connectivity index (χ3v) is 5.87. The van der Waals surface area contributed by atoms with Gasteiger partial charge in [-0.1, -0.05) is 18.2 Å². The van der Waals surface area contributed by atoms with Crippen LogP contribution in [0.5, 0.6) is 0 Å². The molecule has 3 heterocycles. The van der Waals surface area contributed by atoms with Crippen molar-refractivity contribution in [2.24, 2.45) is 7.05 Å². The summed E-state index contributed by atoms with van der Waals surface area (Å²) in [5, 5.41) is 5.19. The van der Waals surface area contributed by atoms with Crippen LogP contribution in [0.1, 0.15) is 24.6 Å². The van der Waals surface area contributed by atoms with Crippen molar-refractivity contribution < 1.29 is 14.1 Å². The number of hydrogen-bond acceptors (Lipinski definition) is 2. The highest BCUT2D eigenvalue weighted by atomic mass is 16.3. The van der Waals surface area contributed by atoms with Gasteiger partial charge in [-0.2, -0.15) is 0 Å². The number of aryl methyl sites for hydroxylation is 1. The minimum Gasteiger partial charge on any atom is -0.456 e. The molecule has 0 spiro atoms. The fraction of sp³-hybridized carbons (Fsp3) is 0.261. The first-order valence-electron chi connectivity index (χ1n) is 9.86. The van der Waals surface area contributed by atoms with E-state index in [0.717, 1.165) is 47.0 Å². The van der Waals surface area contributed by atoms with E-state index in [1.807, 2.05) is 42.5 Å². The molecule has 1 saturated heterocycles. The Morgan fingerprint density at radius 2 is 2.00 bits per heavy atom. The molecule has 2 aromatic heterocycles. The van der Waals surface area contributed by atoms with Crippen LogP contribution in [0.15, 0.2) is 65.2 Å². The van der Waals surface area contributed by atoms with Crippen LogP contribution in [0.2, 0.25) is 0 Å². The summed E-state index contributed by atoms with van der Waals surface area (Å²) >= 11 is 0. The Labute approximate surface area is 163 Å². The first kappa shape index (κ1) is 17.1. The molecule has 2 N–H and O–H groups in total. The summed E-state index contributed by atoms with van der Waals surface area (Å²) in [5.41, 5.74) is 3.84. The molecule has 0 saturated carbocycles. The number of nitrogens with zero attached hydrogens (tertiary/aromatic N) is 1. The largest absolute Gasteiger partial charge is 0.456 e. The van der Waals surface area contributed by atoms with Gasteiger partial charge in [0.25, 0.3) is 5.91 Å². The number of likely N-dealkylation sites (tertiary alicyclic amines) is 1. The molecule has 5 heteroatoms. The number of quaternary nitrogens is 1. The van der Waals surface area contributed by atoms with E-state index in [2.05, 4.69) is 35.3 Å².